The van der Waals surface area contributed by atoms with E-state index < -0.39 is 0 Å². The molecule has 2 saturated heterocycles. The lowest BCUT2D eigenvalue weighted by Gasteiger charge is -2.34. The van der Waals surface area contributed by atoms with Gasteiger partial charge in [-0.3, -0.25) is 14.6 Å². The number of hydrogen-bond donors (Lipinski definition) is 1. The largest absolute Gasteiger partial charge is 0.325 e. The first-order valence-corrected chi connectivity index (χ1v) is 10.8. The summed E-state index contributed by atoms with van der Waals surface area (Å²) in [6.45, 7) is 11.2. The molecule has 0 unspecified atom stereocenters. The summed E-state index contributed by atoms with van der Waals surface area (Å²) in [7, 11) is 0. The van der Waals surface area contributed by atoms with Crippen LogP contribution in [0.3, 0.4) is 0 Å². The van der Waals surface area contributed by atoms with Gasteiger partial charge in [0.25, 0.3) is 0 Å². The summed E-state index contributed by atoms with van der Waals surface area (Å²) in [6.07, 6.45) is 4.88. The number of carbonyl (C=O) groups excluding carboxylic acids is 1. The molecule has 5 heteroatoms. The number of hydrogen-bond acceptors (Lipinski definition) is 4. The van der Waals surface area contributed by atoms with E-state index in [0.717, 1.165) is 45.0 Å². The van der Waals surface area contributed by atoms with E-state index in [-0.39, 0.29) is 11.9 Å². The predicted octanol–water partition coefficient (Wildman–Crippen LogP) is 2.64. The first-order valence-electron chi connectivity index (χ1n) is 10.8. The summed E-state index contributed by atoms with van der Waals surface area (Å²) in [5.74, 6) is 0.770. The van der Waals surface area contributed by atoms with Crippen LogP contribution >= 0.6 is 0 Å². The Hall–Kier alpha value is -1.43. The zero-order chi connectivity index (χ0) is 18.6. The molecule has 0 spiro atoms. The second kappa shape index (κ2) is 8.72. The van der Waals surface area contributed by atoms with Gasteiger partial charge >= 0.3 is 0 Å². The van der Waals surface area contributed by atoms with Crippen LogP contribution in [0.25, 0.3) is 0 Å². The maximum atomic E-state index is 12.9. The van der Waals surface area contributed by atoms with E-state index in [4.69, 9.17) is 0 Å². The zero-order valence-corrected chi connectivity index (χ0v) is 16.7. The molecule has 2 aliphatic heterocycles. The van der Waals surface area contributed by atoms with Gasteiger partial charge in [-0.25, -0.2) is 0 Å². The Kier molecular flexibility index (Phi) is 6.11. The first kappa shape index (κ1) is 18.9. The van der Waals surface area contributed by atoms with Crippen LogP contribution in [0.1, 0.15) is 38.2 Å². The number of carbonyl (C=O) groups is 1. The van der Waals surface area contributed by atoms with Crippen LogP contribution in [-0.4, -0.2) is 72.5 Å². The third kappa shape index (κ3) is 4.89. The lowest BCUT2D eigenvalue weighted by molar-refractivity contribution is -0.121. The normalized spacial score (nSPS) is 23.4. The number of benzene rings is 1. The molecule has 0 radical (unpaired) electrons. The van der Waals surface area contributed by atoms with Crippen molar-refractivity contribution in [3.63, 3.8) is 0 Å². The molecule has 2 heterocycles. The van der Waals surface area contributed by atoms with Crippen molar-refractivity contribution in [3.05, 3.63) is 29.8 Å². The SMILES string of the molecule is CCN1CCN(Cc2ccc(NC(=O)[C@H](C3CC3)N3CCCC3)cc2)CC1. The molecule has 1 N–H and O–H groups in total. The minimum atomic E-state index is 0.0852. The highest BCUT2D eigenvalue weighted by Crippen LogP contribution is 2.37. The highest BCUT2D eigenvalue weighted by Gasteiger charge is 2.40. The Morgan fingerprint density at radius 3 is 2.22 bits per heavy atom. The van der Waals surface area contributed by atoms with Gasteiger partial charge in [-0.05, 0) is 68.9 Å². The topological polar surface area (TPSA) is 38.8 Å². The van der Waals surface area contributed by atoms with E-state index >= 15 is 0 Å². The van der Waals surface area contributed by atoms with Gasteiger partial charge in [0.1, 0.15) is 0 Å². The molecule has 1 atom stereocenters. The number of nitrogens with zero attached hydrogens (tertiary/aromatic N) is 3. The summed E-state index contributed by atoms with van der Waals surface area (Å²) < 4.78 is 0. The fourth-order valence-electron chi connectivity index (χ4n) is 4.54. The van der Waals surface area contributed by atoms with Crippen molar-refractivity contribution in [2.45, 2.75) is 45.2 Å². The number of piperazine rings is 1. The van der Waals surface area contributed by atoms with Gasteiger partial charge in [0.2, 0.25) is 5.91 Å². The van der Waals surface area contributed by atoms with Crippen LogP contribution in [0.4, 0.5) is 5.69 Å². The maximum Gasteiger partial charge on any atom is 0.242 e. The monoisotopic (exact) mass is 370 g/mol. The van der Waals surface area contributed by atoms with Crippen molar-refractivity contribution in [1.82, 2.24) is 14.7 Å². The summed E-state index contributed by atoms with van der Waals surface area (Å²) in [5, 5.41) is 3.18. The first-order chi connectivity index (χ1) is 13.2. The molecule has 0 aromatic heterocycles. The van der Waals surface area contributed by atoms with E-state index in [2.05, 4.69) is 51.2 Å². The fourth-order valence-corrected chi connectivity index (χ4v) is 4.54. The molecule has 3 aliphatic rings. The second-order valence-corrected chi connectivity index (χ2v) is 8.42. The lowest BCUT2D eigenvalue weighted by atomic mass is 10.1. The Morgan fingerprint density at radius 2 is 1.63 bits per heavy atom. The smallest absolute Gasteiger partial charge is 0.242 e. The molecule has 5 nitrogen and oxygen atoms in total. The maximum absolute atomic E-state index is 12.9. The average molecular weight is 371 g/mol. The quantitative estimate of drug-likeness (QED) is 0.801. The van der Waals surface area contributed by atoms with Crippen LogP contribution in [0.15, 0.2) is 24.3 Å². The highest BCUT2D eigenvalue weighted by atomic mass is 16.2. The van der Waals surface area contributed by atoms with Crippen LogP contribution in [0.2, 0.25) is 0 Å². The Balaban J connectivity index is 1.30. The fraction of sp³-hybridized carbons (Fsp3) is 0.682. The van der Waals surface area contributed by atoms with E-state index in [1.165, 1.54) is 44.3 Å². The van der Waals surface area contributed by atoms with Gasteiger partial charge in [-0.1, -0.05) is 19.1 Å². The summed E-state index contributed by atoms with van der Waals surface area (Å²) in [4.78, 5) is 20.3. The van der Waals surface area contributed by atoms with Crippen LogP contribution < -0.4 is 5.32 Å². The minimum absolute atomic E-state index is 0.0852. The molecule has 1 amide bonds. The molecular weight excluding hydrogens is 336 g/mol. The number of nitrogens with one attached hydrogen (secondary N) is 1. The third-order valence-corrected chi connectivity index (χ3v) is 6.41. The Labute approximate surface area is 163 Å². The Bertz CT molecular complexity index is 614. The van der Waals surface area contributed by atoms with Crippen molar-refractivity contribution in [1.29, 1.82) is 0 Å². The molecule has 1 aromatic rings. The number of anilines is 1. The van der Waals surface area contributed by atoms with Gasteiger partial charge < -0.3 is 10.2 Å². The molecular formula is C22H34N4O. The minimum Gasteiger partial charge on any atom is -0.325 e. The Morgan fingerprint density at radius 1 is 1.00 bits per heavy atom. The molecule has 1 saturated carbocycles. The van der Waals surface area contributed by atoms with E-state index in [1.807, 2.05) is 0 Å². The molecule has 4 rings (SSSR count). The van der Waals surface area contributed by atoms with Gasteiger partial charge in [0, 0.05) is 38.4 Å². The van der Waals surface area contributed by atoms with Gasteiger partial charge in [-0.15, -0.1) is 0 Å². The number of likely N-dealkylation sites (N-methyl/N-ethyl adjacent to an activating group) is 1. The van der Waals surface area contributed by atoms with Crippen molar-refractivity contribution < 1.29 is 4.79 Å². The molecule has 1 aromatic carbocycles. The van der Waals surface area contributed by atoms with E-state index in [1.54, 1.807) is 0 Å². The van der Waals surface area contributed by atoms with E-state index in [0.29, 0.717) is 5.92 Å². The summed E-state index contributed by atoms with van der Waals surface area (Å²) >= 11 is 0. The molecule has 1 aliphatic carbocycles. The van der Waals surface area contributed by atoms with Crippen LogP contribution in [0, 0.1) is 5.92 Å². The van der Waals surface area contributed by atoms with Gasteiger partial charge in [-0.2, -0.15) is 0 Å². The van der Waals surface area contributed by atoms with Crippen molar-refractivity contribution >= 4 is 11.6 Å². The van der Waals surface area contributed by atoms with Crippen LogP contribution in [-0.2, 0) is 11.3 Å². The zero-order valence-electron chi connectivity index (χ0n) is 16.7. The van der Waals surface area contributed by atoms with Crippen molar-refractivity contribution in [2.24, 2.45) is 5.92 Å². The number of rotatable bonds is 7. The number of likely N-dealkylation sites (tertiary alicyclic amines) is 1. The van der Waals surface area contributed by atoms with Crippen LogP contribution in [0.5, 0.6) is 0 Å². The second-order valence-electron chi connectivity index (χ2n) is 8.42. The molecule has 27 heavy (non-hydrogen) atoms. The van der Waals surface area contributed by atoms with Crippen molar-refractivity contribution in [3.8, 4) is 0 Å². The van der Waals surface area contributed by atoms with Gasteiger partial charge in [0.05, 0.1) is 6.04 Å². The average Bonchev–Trinajstić information content (AvgIpc) is 3.37. The lowest BCUT2D eigenvalue weighted by Crippen LogP contribution is -2.45. The standard InChI is InChI=1S/C22H34N4O/c1-2-24-13-15-25(16-14-24)17-18-5-9-20(10-6-18)23-22(27)21(19-7-8-19)26-11-3-4-12-26/h5-6,9-10,19,21H,2-4,7-8,11-17H2,1H3,(H,23,27)/t21-/m0/s1. The number of amides is 1. The predicted molar refractivity (Wildman–Crippen MR) is 110 cm³/mol. The molecule has 148 valence electrons. The third-order valence-electron chi connectivity index (χ3n) is 6.41. The van der Waals surface area contributed by atoms with Gasteiger partial charge in [0.15, 0.2) is 0 Å². The molecule has 3 fully saturated rings. The van der Waals surface area contributed by atoms with Crippen molar-refractivity contribution in [2.75, 3.05) is 51.1 Å². The summed E-state index contributed by atoms with van der Waals surface area (Å²) in [5.41, 5.74) is 2.26. The highest BCUT2D eigenvalue weighted by molar-refractivity contribution is 5.95. The van der Waals surface area contributed by atoms with E-state index in [9.17, 15) is 4.79 Å². The molecule has 0 bridgehead atoms. The summed E-state index contributed by atoms with van der Waals surface area (Å²) in [6, 6.07) is 8.57.